The molecule has 0 amide bonds. The maximum Gasteiger partial charge on any atom is 0.0595 e. The van der Waals surface area contributed by atoms with Gasteiger partial charge in [0.05, 0.1) is 10.0 Å². The van der Waals surface area contributed by atoms with Crippen molar-refractivity contribution in [2.45, 2.75) is 18.4 Å². The third-order valence-corrected chi connectivity index (χ3v) is 2.95. The Bertz CT molecular complexity index is 311. The van der Waals surface area contributed by atoms with Gasteiger partial charge in [0.25, 0.3) is 0 Å². The van der Waals surface area contributed by atoms with Crippen LogP contribution in [0.4, 0.5) is 0 Å². The van der Waals surface area contributed by atoms with Gasteiger partial charge in [-0.15, -0.1) is 0 Å². The van der Waals surface area contributed by atoms with Crippen LogP contribution in [0.1, 0.15) is 17.9 Å². The molecular formula is C9H9Cl2N. The highest BCUT2D eigenvalue weighted by molar-refractivity contribution is 6.42. The summed E-state index contributed by atoms with van der Waals surface area (Å²) in [6.07, 6.45) is 1.07. The molecule has 2 N–H and O–H groups in total. The molecule has 0 saturated heterocycles. The topological polar surface area (TPSA) is 26.0 Å². The predicted molar refractivity (Wildman–Crippen MR) is 51.8 cm³/mol. The van der Waals surface area contributed by atoms with E-state index in [-0.39, 0.29) is 0 Å². The Labute approximate surface area is 81.5 Å². The van der Waals surface area contributed by atoms with Crippen LogP contribution in [-0.2, 0) is 0 Å². The SMILES string of the molecule is NC1CC1c1ccc(Cl)c(Cl)c1. The van der Waals surface area contributed by atoms with Gasteiger partial charge in [0, 0.05) is 12.0 Å². The van der Waals surface area contributed by atoms with Gasteiger partial charge < -0.3 is 5.73 Å². The third-order valence-electron chi connectivity index (χ3n) is 2.21. The molecule has 1 aliphatic carbocycles. The standard InChI is InChI=1S/C9H9Cl2N/c10-7-2-1-5(3-8(7)11)6-4-9(6)12/h1-3,6,9H,4,12H2. The van der Waals surface area contributed by atoms with Gasteiger partial charge in [-0.3, -0.25) is 0 Å². The first-order chi connectivity index (χ1) is 5.68. The van der Waals surface area contributed by atoms with E-state index in [1.54, 1.807) is 0 Å². The van der Waals surface area contributed by atoms with E-state index in [9.17, 15) is 0 Å². The number of rotatable bonds is 1. The van der Waals surface area contributed by atoms with Crippen LogP contribution in [0.2, 0.25) is 10.0 Å². The van der Waals surface area contributed by atoms with Gasteiger partial charge in [-0.05, 0) is 24.1 Å². The number of hydrogen-bond acceptors (Lipinski definition) is 1. The van der Waals surface area contributed by atoms with Crippen molar-refractivity contribution >= 4 is 23.2 Å². The second-order valence-electron chi connectivity index (χ2n) is 3.18. The summed E-state index contributed by atoms with van der Waals surface area (Å²) >= 11 is 11.6. The van der Waals surface area contributed by atoms with Crippen molar-refractivity contribution in [1.82, 2.24) is 0 Å². The molecule has 0 radical (unpaired) electrons. The molecular weight excluding hydrogens is 193 g/mol. The first kappa shape index (κ1) is 8.36. The molecule has 1 saturated carbocycles. The maximum absolute atomic E-state index is 5.86. The van der Waals surface area contributed by atoms with Gasteiger partial charge in [-0.1, -0.05) is 29.3 Å². The monoisotopic (exact) mass is 201 g/mol. The van der Waals surface area contributed by atoms with Crippen molar-refractivity contribution in [3.63, 3.8) is 0 Å². The highest BCUT2D eigenvalue weighted by atomic mass is 35.5. The van der Waals surface area contributed by atoms with E-state index in [0.29, 0.717) is 22.0 Å². The lowest BCUT2D eigenvalue weighted by Gasteiger charge is -2.00. The summed E-state index contributed by atoms with van der Waals surface area (Å²) < 4.78 is 0. The number of hydrogen-bond donors (Lipinski definition) is 1. The largest absolute Gasteiger partial charge is 0.327 e. The molecule has 2 rings (SSSR count). The van der Waals surface area contributed by atoms with Crippen molar-refractivity contribution in [3.05, 3.63) is 33.8 Å². The summed E-state index contributed by atoms with van der Waals surface area (Å²) in [7, 11) is 0. The highest BCUT2D eigenvalue weighted by Gasteiger charge is 2.34. The van der Waals surface area contributed by atoms with Gasteiger partial charge in [0.1, 0.15) is 0 Å². The molecule has 0 spiro atoms. The van der Waals surface area contributed by atoms with Crippen molar-refractivity contribution in [1.29, 1.82) is 0 Å². The maximum atomic E-state index is 5.86. The normalized spacial score (nSPS) is 27.2. The van der Waals surface area contributed by atoms with Crippen LogP contribution < -0.4 is 5.73 Å². The van der Waals surface area contributed by atoms with Crippen LogP contribution in [0.25, 0.3) is 0 Å². The minimum absolute atomic E-state index is 0.322. The van der Waals surface area contributed by atoms with Crippen molar-refractivity contribution < 1.29 is 0 Å². The molecule has 0 bridgehead atoms. The fourth-order valence-electron chi connectivity index (χ4n) is 1.34. The number of benzene rings is 1. The zero-order valence-corrected chi connectivity index (χ0v) is 7.94. The van der Waals surface area contributed by atoms with Crippen molar-refractivity contribution in [2.75, 3.05) is 0 Å². The van der Waals surface area contributed by atoms with Crippen LogP contribution in [0.15, 0.2) is 18.2 Å². The van der Waals surface area contributed by atoms with Crippen molar-refractivity contribution in [2.24, 2.45) is 5.73 Å². The molecule has 1 aromatic carbocycles. The average molecular weight is 202 g/mol. The quantitative estimate of drug-likeness (QED) is 0.744. The van der Waals surface area contributed by atoms with Gasteiger partial charge in [0.2, 0.25) is 0 Å². The Morgan fingerprint density at radius 3 is 2.42 bits per heavy atom. The summed E-state index contributed by atoms with van der Waals surface area (Å²) in [6, 6.07) is 6.04. The van der Waals surface area contributed by atoms with Crippen molar-refractivity contribution in [3.8, 4) is 0 Å². The molecule has 3 heteroatoms. The molecule has 1 fully saturated rings. The molecule has 0 aromatic heterocycles. The zero-order valence-electron chi connectivity index (χ0n) is 6.43. The Balaban J connectivity index is 2.29. The second-order valence-corrected chi connectivity index (χ2v) is 3.99. The highest BCUT2D eigenvalue weighted by Crippen LogP contribution is 2.40. The molecule has 2 atom stereocenters. The summed E-state index contributed by atoms with van der Waals surface area (Å²) in [5.74, 6) is 0.500. The fraction of sp³-hybridized carbons (Fsp3) is 0.333. The number of nitrogens with two attached hydrogens (primary N) is 1. The molecule has 0 heterocycles. The molecule has 2 unspecified atom stereocenters. The third kappa shape index (κ3) is 1.45. The summed E-state index contributed by atoms with van der Waals surface area (Å²) in [5, 5.41) is 1.22. The lowest BCUT2D eigenvalue weighted by molar-refractivity contribution is 0.991. The Hall–Kier alpha value is -0.240. The lowest BCUT2D eigenvalue weighted by Crippen LogP contribution is -2.00. The van der Waals surface area contributed by atoms with Crippen LogP contribution >= 0.6 is 23.2 Å². The molecule has 64 valence electrons. The van der Waals surface area contributed by atoms with Gasteiger partial charge in [-0.2, -0.15) is 0 Å². The molecule has 0 aliphatic heterocycles. The van der Waals surface area contributed by atoms with E-state index in [1.807, 2.05) is 18.2 Å². The van der Waals surface area contributed by atoms with E-state index >= 15 is 0 Å². The van der Waals surface area contributed by atoms with Gasteiger partial charge in [0.15, 0.2) is 0 Å². The lowest BCUT2D eigenvalue weighted by atomic mass is 10.1. The minimum Gasteiger partial charge on any atom is -0.327 e. The zero-order chi connectivity index (χ0) is 8.72. The van der Waals surface area contributed by atoms with Gasteiger partial charge >= 0.3 is 0 Å². The average Bonchev–Trinajstić information content (AvgIpc) is 2.73. The molecule has 1 aliphatic rings. The minimum atomic E-state index is 0.322. The number of halogens is 2. The summed E-state index contributed by atoms with van der Waals surface area (Å²) in [4.78, 5) is 0. The van der Waals surface area contributed by atoms with E-state index < -0.39 is 0 Å². The Morgan fingerprint density at radius 1 is 1.25 bits per heavy atom. The summed E-state index contributed by atoms with van der Waals surface area (Å²) in [6.45, 7) is 0. The molecule has 1 nitrogen and oxygen atoms in total. The van der Waals surface area contributed by atoms with Crippen LogP contribution in [0.3, 0.4) is 0 Å². The first-order valence-electron chi connectivity index (χ1n) is 3.89. The molecule has 12 heavy (non-hydrogen) atoms. The van der Waals surface area contributed by atoms with E-state index in [4.69, 9.17) is 28.9 Å². The smallest absolute Gasteiger partial charge is 0.0595 e. The summed E-state index contributed by atoms with van der Waals surface area (Å²) in [5.41, 5.74) is 6.92. The Morgan fingerprint density at radius 2 is 1.92 bits per heavy atom. The first-order valence-corrected chi connectivity index (χ1v) is 4.64. The van der Waals surface area contributed by atoms with E-state index in [0.717, 1.165) is 6.42 Å². The van der Waals surface area contributed by atoms with E-state index in [2.05, 4.69) is 0 Å². The van der Waals surface area contributed by atoms with E-state index in [1.165, 1.54) is 5.56 Å². The second kappa shape index (κ2) is 2.91. The predicted octanol–water partition coefficient (Wildman–Crippen LogP) is 2.81. The van der Waals surface area contributed by atoms with Crippen LogP contribution in [0.5, 0.6) is 0 Å². The fourth-order valence-corrected chi connectivity index (χ4v) is 1.65. The van der Waals surface area contributed by atoms with Crippen LogP contribution in [-0.4, -0.2) is 6.04 Å². The molecule has 1 aromatic rings. The Kier molecular flexibility index (Phi) is 2.03. The van der Waals surface area contributed by atoms with Gasteiger partial charge in [-0.25, -0.2) is 0 Å². The van der Waals surface area contributed by atoms with Crippen LogP contribution in [0, 0.1) is 0 Å².